The van der Waals surface area contributed by atoms with Gasteiger partial charge in [-0.2, -0.15) is 0 Å². The third-order valence-electron chi connectivity index (χ3n) is 4.28. The molecular weight excluding hydrogens is 252 g/mol. The minimum atomic E-state index is -0.420. The summed E-state index contributed by atoms with van der Waals surface area (Å²) in [7, 11) is 0. The maximum Gasteiger partial charge on any atom is 0.407 e. The Morgan fingerprint density at radius 3 is 2.30 bits per heavy atom. The van der Waals surface area contributed by atoms with E-state index in [4.69, 9.17) is 4.74 Å². The fraction of sp³-hybridized carbons (Fsp3) is 0.938. The van der Waals surface area contributed by atoms with Crippen molar-refractivity contribution in [2.45, 2.75) is 90.4 Å². The van der Waals surface area contributed by atoms with Gasteiger partial charge in [-0.25, -0.2) is 4.79 Å². The maximum absolute atomic E-state index is 11.7. The van der Waals surface area contributed by atoms with Gasteiger partial charge in [0.05, 0.1) is 0 Å². The lowest BCUT2D eigenvalue weighted by molar-refractivity contribution is 0.0521. The van der Waals surface area contributed by atoms with Gasteiger partial charge in [-0.1, -0.05) is 13.8 Å². The van der Waals surface area contributed by atoms with E-state index in [1.54, 1.807) is 0 Å². The van der Waals surface area contributed by atoms with Gasteiger partial charge in [0, 0.05) is 18.1 Å². The fourth-order valence-corrected chi connectivity index (χ4v) is 2.87. The summed E-state index contributed by atoms with van der Waals surface area (Å²) < 4.78 is 5.28. The molecule has 0 aliphatic heterocycles. The van der Waals surface area contributed by atoms with Crippen molar-refractivity contribution in [3.05, 3.63) is 0 Å². The third kappa shape index (κ3) is 4.97. The molecule has 2 atom stereocenters. The summed E-state index contributed by atoms with van der Waals surface area (Å²) in [6.45, 7) is 10.4. The van der Waals surface area contributed by atoms with Crippen LogP contribution in [0.4, 0.5) is 4.79 Å². The number of carbonyl (C=O) groups is 1. The van der Waals surface area contributed by atoms with E-state index in [1.165, 1.54) is 25.7 Å². The average molecular weight is 282 g/mol. The molecular formula is C16H30N2O2. The molecule has 0 saturated heterocycles. The topological polar surface area (TPSA) is 50.4 Å². The Balaban J connectivity index is 1.65. The summed E-state index contributed by atoms with van der Waals surface area (Å²) in [6.07, 6.45) is 5.82. The predicted molar refractivity (Wildman–Crippen MR) is 80.7 cm³/mol. The molecule has 1 amide bonds. The summed E-state index contributed by atoms with van der Waals surface area (Å²) >= 11 is 0. The third-order valence-corrected chi connectivity index (χ3v) is 4.28. The number of amides is 1. The highest BCUT2D eigenvalue weighted by molar-refractivity contribution is 5.68. The molecule has 0 spiro atoms. The SMILES string of the molecule is CC1(C)CCC(NC2CC2NC(=O)OC(C)(C)C)CC1. The Hall–Kier alpha value is -0.770. The average Bonchev–Trinajstić information content (AvgIpc) is 2.96. The summed E-state index contributed by atoms with van der Waals surface area (Å²) in [5.41, 5.74) is 0.0900. The second-order valence-corrected chi connectivity index (χ2v) is 8.20. The van der Waals surface area contributed by atoms with E-state index in [9.17, 15) is 4.79 Å². The van der Waals surface area contributed by atoms with E-state index in [1.807, 2.05) is 20.8 Å². The highest BCUT2D eigenvalue weighted by Gasteiger charge is 2.41. The first kappa shape index (κ1) is 15.6. The van der Waals surface area contributed by atoms with Crippen LogP contribution < -0.4 is 10.6 Å². The zero-order chi connectivity index (χ0) is 15.0. The van der Waals surface area contributed by atoms with Crippen LogP contribution in [0, 0.1) is 5.41 Å². The summed E-state index contributed by atoms with van der Waals surface area (Å²) in [6, 6.07) is 1.31. The van der Waals surface area contributed by atoms with E-state index >= 15 is 0 Å². The number of nitrogens with one attached hydrogen (secondary N) is 2. The molecule has 2 aliphatic carbocycles. The number of hydrogen-bond donors (Lipinski definition) is 2. The van der Waals surface area contributed by atoms with Gasteiger partial charge in [-0.3, -0.25) is 0 Å². The quantitative estimate of drug-likeness (QED) is 0.835. The molecule has 2 saturated carbocycles. The van der Waals surface area contributed by atoms with Crippen LogP contribution >= 0.6 is 0 Å². The zero-order valence-electron chi connectivity index (χ0n) is 13.6. The van der Waals surface area contributed by atoms with Crippen LogP contribution in [0.2, 0.25) is 0 Å². The maximum atomic E-state index is 11.7. The molecule has 0 aromatic heterocycles. The van der Waals surface area contributed by atoms with Gasteiger partial charge in [0.1, 0.15) is 5.60 Å². The Bertz CT molecular complexity index is 350. The van der Waals surface area contributed by atoms with E-state index in [0.717, 1.165) is 6.42 Å². The molecule has 4 heteroatoms. The van der Waals surface area contributed by atoms with Crippen LogP contribution in [0.3, 0.4) is 0 Å². The standard InChI is InChI=1S/C16H30N2O2/c1-15(2,3)20-14(19)18-13-10-12(13)17-11-6-8-16(4,5)9-7-11/h11-13,17H,6-10H2,1-5H3,(H,18,19). The van der Waals surface area contributed by atoms with Gasteiger partial charge in [0.2, 0.25) is 0 Å². The van der Waals surface area contributed by atoms with Crippen molar-refractivity contribution < 1.29 is 9.53 Å². The van der Waals surface area contributed by atoms with E-state index in [2.05, 4.69) is 24.5 Å². The largest absolute Gasteiger partial charge is 0.444 e. The summed E-state index contributed by atoms with van der Waals surface area (Å²) in [5.74, 6) is 0. The molecule has 0 heterocycles. The van der Waals surface area contributed by atoms with Crippen molar-refractivity contribution in [2.24, 2.45) is 5.41 Å². The van der Waals surface area contributed by atoms with Crippen molar-refractivity contribution in [1.29, 1.82) is 0 Å². The van der Waals surface area contributed by atoms with Crippen LogP contribution in [0.5, 0.6) is 0 Å². The molecule has 2 rings (SSSR count). The first-order chi connectivity index (χ1) is 9.15. The Morgan fingerprint density at radius 2 is 1.75 bits per heavy atom. The molecule has 4 nitrogen and oxygen atoms in total. The minimum Gasteiger partial charge on any atom is -0.444 e. The van der Waals surface area contributed by atoms with Crippen molar-refractivity contribution in [1.82, 2.24) is 10.6 Å². The number of hydrogen-bond acceptors (Lipinski definition) is 3. The lowest BCUT2D eigenvalue weighted by Crippen LogP contribution is -2.41. The number of alkyl carbamates (subject to hydrolysis) is 1. The monoisotopic (exact) mass is 282 g/mol. The van der Waals surface area contributed by atoms with Crippen LogP contribution in [0.1, 0.15) is 66.7 Å². The normalized spacial score (nSPS) is 29.9. The van der Waals surface area contributed by atoms with E-state index < -0.39 is 5.60 Å². The lowest BCUT2D eigenvalue weighted by atomic mass is 9.75. The molecule has 0 radical (unpaired) electrons. The molecule has 20 heavy (non-hydrogen) atoms. The van der Waals surface area contributed by atoms with Crippen LogP contribution in [0.25, 0.3) is 0 Å². The Morgan fingerprint density at radius 1 is 1.15 bits per heavy atom. The summed E-state index contributed by atoms with van der Waals surface area (Å²) in [4.78, 5) is 11.7. The van der Waals surface area contributed by atoms with Crippen molar-refractivity contribution in [3.63, 3.8) is 0 Å². The highest BCUT2D eigenvalue weighted by Crippen LogP contribution is 2.36. The lowest BCUT2D eigenvalue weighted by Gasteiger charge is -2.34. The van der Waals surface area contributed by atoms with Gasteiger partial charge in [0.15, 0.2) is 0 Å². The zero-order valence-corrected chi connectivity index (χ0v) is 13.6. The molecule has 116 valence electrons. The molecule has 0 aromatic rings. The summed E-state index contributed by atoms with van der Waals surface area (Å²) in [5, 5.41) is 6.62. The fourth-order valence-electron chi connectivity index (χ4n) is 2.87. The molecule has 2 fully saturated rings. The van der Waals surface area contributed by atoms with Crippen LogP contribution in [-0.4, -0.2) is 29.8 Å². The molecule has 2 unspecified atom stereocenters. The minimum absolute atomic E-state index is 0.250. The molecule has 2 aliphatic rings. The molecule has 0 bridgehead atoms. The first-order valence-corrected chi connectivity index (χ1v) is 7.90. The van der Waals surface area contributed by atoms with Crippen molar-refractivity contribution in [3.8, 4) is 0 Å². The second-order valence-electron chi connectivity index (χ2n) is 8.20. The van der Waals surface area contributed by atoms with Gasteiger partial charge in [-0.15, -0.1) is 0 Å². The predicted octanol–water partition coefficient (Wildman–Crippen LogP) is 3.21. The van der Waals surface area contributed by atoms with Crippen molar-refractivity contribution >= 4 is 6.09 Å². The van der Waals surface area contributed by atoms with Crippen LogP contribution in [0.15, 0.2) is 0 Å². The highest BCUT2D eigenvalue weighted by atomic mass is 16.6. The Labute approximate surface area is 123 Å². The first-order valence-electron chi connectivity index (χ1n) is 7.90. The van der Waals surface area contributed by atoms with E-state index in [-0.39, 0.29) is 12.1 Å². The van der Waals surface area contributed by atoms with Crippen molar-refractivity contribution in [2.75, 3.05) is 0 Å². The van der Waals surface area contributed by atoms with Gasteiger partial charge < -0.3 is 15.4 Å². The van der Waals surface area contributed by atoms with E-state index in [0.29, 0.717) is 17.5 Å². The molecule has 2 N–H and O–H groups in total. The smallest absolute Gasteiger partial charge is 0.407 e. The number of rotatable bonds is 3. The van der Waals surface area contributed by atoms with Crippen LogP contribution in [-0.2, 0) is 4.74 Å². The van der Waals surface area contributed by atoms with Gasteiger partial charge >= 0.3 is 6.09 Å². The second kappa shape index (κ2) is 5.55. The number of ether oxygens (including phenoxy) is 1. The molecule has 0 aromatic carbocycles. The van der Waals surface area contributed by atoms with Gasteiger partial charge in [-0.05, 0) is 58.3 Å². The van der Waals surface area contributed by atoms with Gasteiger partial charge in [0.25, 0.3) is 0 Å². The number of carbonyl (C=O) groups excluding carboxylic acids is 1. The Kier molecular flexibility index (Phi) is 4.33.